The summed E-state index contributed by atoms with van der Waals surface area (Å²) >= 11 is 0. The molecule has 1 aliphatic heterocycles. The topological polar surface area (TPSA) is 41.1 Å². The number of carbonyl (C=O) groups excluding carboxylic acids is 1. The summed E-state index contributed by atoms with van der Waals surface area (Å²) in [5.74, 6) is -0.0904. The number of halogens is 3. The molecule has 1 saturated heterocycles. The molecule has 1 heterocycles. The summed E-state index contributed by atoms with van der Waals surface area (Å²) in [6.45, 7) is 3.49. The Kier molecular flexibility index (Phi) is 4.56. The lowest BCUT2D eigenvalue weighted by Gasteiger charge is -2.25. The van der Waals surface area contributed by atoms with Gasteiger partial charge in [-0.25, -0.2) is 0 Å². The quantitative estimate of drug-likeness (QED) is 0.897. The number of rotatable bonds is 4. The van der Waals surface area contributed by atoms with E-state index in [2.05, 4.69) is 10.6 Å². The normalized spacial score (nSPS) is 22.3. The van der Waals surface area contributed by atoms with Crippen molar-refractivity contribution in [3.05, 3.63) is 35.4 Å². The highest BCUT2D eigenvalue weighted by molar-refractivity contribution is 5.83. The molecule has 1 amide bonds. The zero-order valence-corrected chi connectivity index (χ0v) is 11.9. The SMILES string of the molecule is CCC1(C(=O)NCc2cccc(C(F)(F)F)c2)CCNC1. The van der Waals surface area contributed by atoms with Gasteiger partial charge in [-0.2, -0.15) is 13.2 Å². The number of amides is 1. The molecule has 116 valence electrons. The highest BCUT2D eigenvalue weighted by Crippen LogP contribution is 2.31. The minimum absolute atomic E-state index is 0.0904. The van der Waals surface area contributed by atoms with Crippen molar-refractivity contribution in [1.29, 1.82) is 0 Å². The molecule has 0 aromatic heterocycles. The number of carbonyl (C=O) groups is 1. The van der Waals surface area contributed by atoms with E-state index in [4.69, 9.17) is 0 Å². The Morgan fingerprint density at radius 2 is 2.19 bits per heavy atom. The van der Waals surface area contributed by atoms with Gasteiger partial charge >= 0.3 is 6.18 Å². The monoisotopic (exact) mass is 300 g/mol. The maximum atomic E-state index is 12.6. The van der Waals surface area contributed by atoms with Crippen LogP contribution in [0.2, 0.25) is 0 Å². The molecule has 2 N–H and O–H groups in total. The zero-order valence-electron chi connectivity index (χ0n) is 11.9. The average Bonchev–Trinajstić information content (AvgIpc) is 2.94. The summed E-state index contributed by atoms with van der Waals surface area (Å²) in [6, 6.07) is 5.05. The first-order valence-electron chi connectivity index (χ1n) is 7.02. The number of nitrogens with one attached hydrogen (secondary N) is 2. The lowest BCUT2D eigenvalue weighted by Crippen LogP contribution is -2.41. The van der Waals surface area contributed by atoms with Crippen LogP contribution in [-0.4, -0.2) is 19.0 Å². The van der Waals surface area contributed by atoms with Gasteiger partial charge in [0.25, 0.3) is 0 Å². The number of alkyl halides is 3. The van der Waals surface area contributed by atoms with Crippen molar-refractivity contribution in [1.82, 2.24) is 10.6 Å². The van der Waals surface area contributed by atoms with Crippen LogP contribution in [0.15, 0.2) is 24.3 Å². The van der Waals surface area contributed by atoms with E-state index < -0.39 is 17.2 Å². The molecule has 21 heavy (non-hydrogen) atoms. The van der Waals surface area contributed by atoms with E-state index in [-0.39, 0.29) is 12.5 Å². The molecule has 0 bridgehead atoms. The third kappa shape index (κ3) is 3.56. The molecule has 2 rings (SSSR count). The van der Waals surface area contributed by atoms with Crippen LogP contribution < -0.4 is 10.6 Å². The van der Waals surface area contributed by atoms with E-state index in [1.807, 2.05) is 6.92 Å². The molecule has 3 nitrogen and oxygen atoms in total. The van der Waals surface area contributed by atoms with Gasteiger partial charge in [0.2, 0.25) is 5.91 Å². The Balaban J connectivity index is 2.01. The molecule has 1 aliphatic rings. The van der Waals surface area contributed by atoms with Crippen LogP contribution in [0.25, 0.3) is 0 Å². The van der Waals surface area contributed by atoms with Gasteiger partial charge in [-0.05, 0) is 37.1 Å². The van der Waals surface area contributed by atoms with Crippen molar-refractivity contribution in [2.24, 2.45) is 5.41 Å². The molecule has 1 fully saturated rings. The maximum Gasteiger partial charge on any atom is 0.416 e. The summed E-state index contributed by atoms with van der Waals surface area (Å²) in [5.41, 5.74) is -0.667. The second-order valence-corrected chi connectivity index (χ2v) is 5.44. The molecular weight excluding hydrogens is 281 g/mol. The minimum Gasteiger partial charge on any atom is -0.352 e. The van der Waals surface area contributed by atoms with Crippen molar-refractivity contribution >= 4 is 5.91 Å². The summed E-state index contributed by atoms with van der Waals surface area (Å²) in [7, 11) is 0. The molecule has 1 aromatic rings. The molecule has 0 saturated carbocycles. The van der Waals surface area contributed by atoms with Crippen LogP contribution in [0.5, 0.6) is 0 Å². The van der Waals surface area contributed by atoms with Gasteiger partial charge < -0.3 is 10.6 Å². The summed E-state index contributed by atoms with van der Waals surface area (Å²) in [6.07, 6.45) is -2.88. The molecule has 0 aliphatic carbocycles. The first-order valence-corrected chi connectivity index (χ1v) is 7.02. The van der Waals surface area contributed by atoms with Gasteiger partial charge in [0.05, 0.1) is 11.0 Å². The Bertz CT molecular complexity index is 508. The Labute approximate surface area is 121 Å². The predicted molar refractivity (Wildman–Crippen MR) is 73.5 cm³/mol. The van der Waals surface area contributed by atoms with E-state index in [0.29, 0.717) is 18.5 Å². The average molecular weight is 300 g/mol. The Hall–Kier alpha value is -1.56. The molecular formula is C15H19F3N2O. The standard InChI is InChI=1S/C15H19F3N2O/c1-2-14(6-7-19-10-14)13(21)20-9-11-4-3-5-12(8-11)15(16,17)18/h3-5,8,19H,2,6-7,9-10H2,1H3,(H,20,21). The molecule has 0 radical (unpaired) electrons. The second-order valence-electron chi connectivity index (χ2n) is 5.44. The van der Waals surface area contributed by atoms with E-state index >= 15 is 0 Å². The van der Waals surface area contributed by atoms with Crippen LogP contribution in [0.3, 0.4) is 0 Å². The van der Waals surface area contributed by atoms with Gasteiger partial charge in [0, 0.05) is 13.1 Å². The summed E-state index contributed by atoms with van der Waals surface area (Å²) in [5, 5.41) is 5.93. The van der Waals surface area contributed by atoms with Crippen molar-refractivity contribution in [2.45, 2.75) is 32.5 Å². The van der Waals surface area contributed by atoms with E-state index in [9.17, 15) is 18.0 Å². The van der Waals surface area contributed by atoms with Gasteiger partial charge in [-0.1, -0.05) is 19.1 Å². The zero-order chi connectivity index (χ0) is 15.5. The fraction of sp³-hybridized carbons (Fsp3) is 0.533. The van der Waals surface area contributed by atoms with Crippen molar-refractivity contribution < 1.29 is 18.0 Å². The first kappa shape index (κ1) is 15.8. The maximum absolute atomic E-state index is 12.6. The largest absolute Gasteiger partial charge is 0.416 e. The number of benzene rings is 1. The fourth-order valence-corrected chi connectivity index (χ4v) is 2.63. The molecule has 0 spiro atoms. The molecule has 1 aromatic carbocycles. The lowest BCUT2D eigenvalue weighted by molar-refractivity contribution is -0.137. The van der Waals surface area contributed by atoms with E-state index in [1.54, 1.807) is 6.07 Å². The second kappa shape index (κ2) is 6.05. The number of hydrogen-bond donors (Lipinski definition) is 2. The van der Waals surface area contributed by atoms with Crippen molar-refractivity contribution in [3.8, 4) is 0 Å². The highest BCUT2D eigenvalue weighted by atomic mass is 19.4. The highest BCUT2D eigenvalue weighted by Gasteiger charge is 2.39. The van der Waals surface area contributed by atoms with Crippen LogP contribution >= 0.6 is 0 Å². The Morgan fingerprint density at radius 3 is 2.76 bits per heavy atom. The van der Waals surface area contributed by atoms with Gasteiger partial charge in [0.1, 0.15) is 0 Å². The third-order valence-corrected chi connectivity index (χ3v) is 4.11. The van der Waals surface area contributed by atoms with E-state index in [0.717, 1.165) is 25.1 Å². The van der Waals surface area contributed by atoms with Gasteiger partial charge in [-0.3, -0.25) is 4.79 Å². The van der Waals surface area contributed by atoms with Gasteiger partial charge in [0.15, 0.2) is 0 Å². The summed E-state index contributed by atoms with van der Waals surface area (Å²) in [4.78, 5) is 12.3. The van der Waals surface area contributed by atoms with Crippen LogP contribution in [-0.2, 0) is 17.5 Å². The van der Waals surface area contributed by atoms with Crippen molar-refractivity contribution in [3.63, 3.8) is 0 Å². The van der Waals surface area contributed by atoms with Gasteiger partial charge in [-0.15, -0.1) is 0 Å². The first-order chi connectivity index (χ1) is 9.87. The molecule has 6 heteroatoms. The lowest BCUT2D eigenvalue weighted by atomic mass is 9.83. The molecule has 1 atom stereocenters. The van der Waals surface area contributed by atoms with Crippen LogP contribution in [0, 0.1) is 5.41 Å². The third-order valence-electron chi connectivity index (χ3n) is 4.11. The van der Waals surface area contributed by atoms with E-state index in [1.165, 1.54) is 6.07 Å². The Morgan fingerprint density at radius 1 is 1.43 bits per heavy atom. The summed E-state index contributed by atoms with van der Waals surface area (Å²) < 4.78 is 37.9. The minimum atomic E-state index is -4.36. The van der Waals surface area contributed by atoms with Crippen LogP contribution in [0.1, 0.15) is 30.9 Å². The predicted octanol–water partition coefficient (Wildman–Crippen LogP) is 2.71. The smallest absolute Gasteiger partial charge is 0.352 e. The fourth-order valence-electron chi connectivity index (χ4n) is 2.63. The van der Waals surface area contributed by atoms with Crippen molar-refractivity contribution in [2.75, 3.05) is 13.1 Å². The van der Waals surface area contributed by atoms with Crippen LogP contribution in [0.4, 0.5) is 13.2 Å². The molecule has 1 unspecified atom stereocenters. The number of hydrogen-bond acceptors (Lipinski definition) is 2.